The van der Waals surface area contributed by atoms with Crippen LogP contribution in [0, 0.1) is 11.6 Å². The van der Waals surface area contributed by atoms with Crippen LogP contribution < -0.4 is 15.4 Å². The standard InChI is InChI=1S/C23H20F2N2O3/c24-18-6-10-21(11-7-18)30-20-8-4-16(5-9-20)14-26-23(29)15-27-22(28)13-17-2-1-3-19(25)12-17/h1-12H,13-15H2,(H,26,29)(H,27,28). The van der Waals surface area contributed by atoms with Gasteiger partial charge in [0.1, 0.15) is 23.1 Å². The summed E-state index contributed by atoms with van der Waals surface area (Å²) in [6.07, 6.45) is 0.000553. The van der Waals surface area contributed by atoms with E-state index in [9.17, 15) is 18.4 Å². The number of benzene rings is 3. The Bertz CT molecular complexity index is 1010. The van der Waals surface area contributed by atoms with Crippen molar-refractivity contribution in [2.24, 2.45) is 0 Å². The number of hydrogen-bond donors (Lipinski definition) is 2. The molecule has 7 heteroatoms. The number of nitrogens with one attached hydrogen (secondary N) is 2. The zero-order valence-electron chi connectivity index (χ0n) is 16.0. The van der Waals surface area contributed by atoms with E-state index >= 15 is 0 Å². The maximum Gasteiger partial charge on any atom is 0.239 e. The molecule has 0 bridgehead atoms. The molecule has 5 nitrogen and oxygen atoms in total. The van der Waals surface area contributed by atoms with Crippen molar-refractivity contribution in [2.75, 3.05) is 6.54 Å². The van der Waals surface area contributed by atoms with Gasteiger partial charge in [-0.05, 0) is 59.7 Å². The minimum Gasteiger partial charge on any atom is -0.457 e. The van der Waals surface area contributed by atoms with Crippen LogP contribution in [0.2, 0.25) is 0 Å². The van der Waals surface area contributed by atoms with Gasteiger partial charge >= 0.3 is 0 Å². The van der Waals surface area contributed by atoms with Gasteiger partial charge in [0.05, 0.1) is 13.0 Å². The van der Waals surface area contributed by atoms with Crippen LogP contribution >= 0.6 is 0 Å². The Kier molecular flexibility index (Phi) is 7.10. The molecule has 0 aliphatic carbocycles. The van der Waals surface area contributed by atoms with Crippen molar-refractivity contribution < 1.29 is 23.1 Å². The Morgan fingerprint density at radius 1 is 0.733 bits per heavy atom. The first-order valence-corrected chi connectivity index (χ1v) is 9.28. The van der Waals surface area contributed by atoms with Gasteiger partial charge in [-0.1, -0.05) is 24.3 Å². The van der Waals surface area contributed by atoms with Gasteiger partial charge in [-0.3, -0.25) is 9.59 Å². The van der Waals surface area contributed by atoms with Crippen molar-refractivity contribution in [3.8, 4) is 11.5 Å². The molecule has 0 atom stereocenters. The molecule has 0 saturated carbocycles. The van der Waals surface area contributed by atoms with E-state index in [1.54, 1.807) is 30.3 Å². The Morgan fingerprint density at radius 3 is 2.07 bits per heavy atom. The fourth-order valence-electron chi connectivity index (χ4n) is 2.65. The minimum atomic E-state index is -0.410. The van der Waals surface area contributed by atoms with Crippen LogP contribution in [-0.2, 0) is 22.6 Å². The first-order chi connectivity index (χ1) is 14.5. The number of halogens is 2. The van der Waals surface area contributed by atoms with E-state index in [0.717, 1.165) is 5.56 Å². The van der Waals surface area contributed by atoms with Crippen molar-refractivity contribution in [3.05, 3.63) is 95.6 Å². The third-order valence-corrected chi connectivity index (χ3v) is 4.16. The van der Waals surface area contributed by atoms with Gasteiger partial charge in [0.25, 0.3) is 0 Å². The van der Waals surface area contributed by atoms with E-state index in [1.807, 2.05) is 0 Å². The van der Waals surface area contributed by atoms with Crippen LogP contribution in [0.4, 0.5) is 8.78 Å². The Labute approximate surface area is 172 Å². The molecule has 3 rings (SSSR count). The quantitative estimate of drug-likeness (QED) is 0.595. The summed E-state index contributed by atoms with van der Waals surface area (Å²) in [6, 6.07) is 18.5. The second-order valence-electron chi connectivity index (χ2n) is 6.56. The predicted octanol–water partition coefficient (Wildman–Crippen LogP) is 3.73. The lowest BCUT2D eigenvalue weighted by Crippen LogP contribution is -2.37. The van der Waals surface area contributed by atoms with Crippen LogP contribution in [0.15, 0.2) is 72.8 Å². The molecule has 0 unspecified atom stereocenters. The van der Waals surface area contributed by atoms with Crippen LogP contribution in [0.5, 0.6) is 11.5 Å². The molecule has 0 spiro atoms. The molecule has 0 aliphatic rings. The minimum absolute atomic E-state index is 0.000553. The average molecular weight is 410 g/mol. The van der Waals surface area contributed by atoms with E-state index in [1.165, 1.54) is 42.5 Å². The van der Waals surface area contributed by atoms with E-state index in [4.69, 9.17) is 4.74 Å². The molecule has 3 aromatic rings. The van der Waals surface area contributed by atoms with Gasteiger partial charge in [0, 0.05) is 6.54 Å². The monoisotopic (exact) mass is 410 g/mol. The second kappa shape index (κ2) is 10.2. The molecule has 0 heterocycles. The Hall–Kier alpha value is -3.74. The molecule has 3 aromatic carbocycles. The van der Waals surface area contributed by atoms with Gasteiger partial charge in [-0.25, -0.2) is 8.78 Å². The lowest BCUT2D eigenvalue weighted by atomic mass is 10.1. The third-order valence-electron chi connectivity index (χ3n) is 4.16. The molecular weight excluding hydrogens is 390 g/mol. The first-order valence-electron chi connectivity index (χ1n) is 9.28. The molecule has 154 valence electrons. The molecule has 0 aromatic heterocycles. The predicted molar refractivity (Wildman–Crippen MR) is 108 cm³/mol. The smallest absolute Gasteiger partial charge is 0.239 e. The zero-order chi connectivity index (χ0) is 21.3. The van der Waals surface area contributed by atoms with E-state index < -0.39 is 5.82 Å². The fourth-order valence-corrected chi connectivity index (χ4v) is 2.65. The lowest BCUT2D eigenvalue weighted by Gasteiger charge is -2.09. The summed E-state index contributed by atoms with van der Waals surface area (Å²) in [4.78, 5) is 23.8. The van der Waals surface area contributed by atoms with Crippen LogP contribution in [-0.4, -0.2) is 18.4 Å². The molecule has 2 N–H and O–H groups in total. The fraction of sp³-hybridized carbons (Fsp3) is 0.130. The highest BCUT2D eigenvalue weighted by Gasteiger charge is 2.07. The van der Waals surface area contributed by atoms with Gasteiger partial charge in [-0.15, -0.1) is 0 Å². The van der Waals surface area contributed by atoms with E-state index in [0.29, 0.717) is 17.1 Å². The van der Waals surface area contributed by atoms with Gasteiger partial charge in [0.15, 0.2) is 0 Å². The molecule has 2 amide bonds. The summed E-state index contributed by atoms with van der Waals surface area (Å²) in [5.41, 5.74) is 1.39. The number of rotatable bonds is 8. The van der Waals surface area contributed by atoms with Gasteiger partial charge in [-0.2, -0.15) is 0 Å². The summed E-state index contributed by atoms with van der Waals surface area (Å²) in [5.74, 6) is -0.342. The number of carbonyl (C=O) groups is 2. The van der Waals surface area contributed by atoms with E-state index in [2.05, 4.69) is 10.6 Å². The summed E-state index contributed by atoms with van der Waals surface area (Å²) < 4.78 is 31.6. The van der Waals surface area contributed by atoms with E-state index in [-0.39, 0.29) is 37.1 Å². The number of carbonyl (C=O) groups excluding carboxylic acids is 2. The third kappa shape index (κ3) is 6.70. The van der Waals surface area contributed by atoms with Crippen molar-refractivity contribution >= 4 is 11.8 Å². The van der Waals surface area contributed by atoms with Crippen molar-refractivity contribution in [3.63, 3.8) is 0 Å². The molecule has 0 aliphatic heterocycles. The van der Waals surface area contributed by atoms with Gasteiger partial charge < -0.3 is 15.4 Å². The highest BCUT2D eigenvalue weighted by atomic mass is 19.1. The van der Waals surface area contributed by atoms with Crippen LogP contribution in [0.25, 0.3) is 0 Å². The zero-order valence-corrected chi connectivity index (χ0v) is 16.0. The number of ether oxygens (including phenoxy) is 1. The molecule has 0 radical (unpaired) electrons. The molecular formula is C23H20F2N2O3. The van der Waals surface area contributed by atoms with Gasteiger partial charge in [0.2, 0.25) is 11.8 Å². The molecule has 0 fully saturated rings. The highest BCUT2D eigenvalue weighted by molar-refractivity contribution is 5.85. The lowest BCUT2D eigenvalue weighted by molar-refractivity contribution is -0.125. The SMILES string of the molecule is O=C(CNC(=O)Cc1cccc(F)c1)NCc1ccc(Oc2ccc(F)cc2)cc1. The summed E-state index contributed by atoms with van der Waals surface area (Å²) in [6.45, 7) is 0.120. The van der Waals surface area contributed by atoms with Crippen molar-refractivity contribution in [1.82, 2.24) is 10.6 Å². The Balaban J connectivity index is 1.39. The first kappa shape index (κ1) is 21.0. The number of hydrogen-bond acceptors (Lipinski definition) is 3. The topological polar surface area (TPSA) is 67.4 Å². The maximum atomic E-state index is 13.1. The summed E-state index contributed by atoms with van der Waals surface area (Å²) >= 11 is 0. The largest absolute Gasteiger partial charge is 0.457 e. The summed E-state index contributed by atoms with van der Waals surface area (Å²) in [5, 5.41) is 5.21. The average Bonchev–Trinajstić information content (AvgIpc) is 2.73. The summed E-state index contributed by atoms with van der Waals surface area (Å²) in [7, 11) is 0. The second-order valence-corrected chi connectivity index (χ2v) is 6.56. The molecule has 0 saturated heterocycles. The molecule has 30 heavy (non-hydrogen) atoms. The van der Waals surface area contributed by atoms with Crippen molar-refractivity contribution in [2.45, 2.75) is 13.0 Å². The highest BCUT2D eigenvalue weighted by Crippen LogP contribution is 2.21. The Morgan fingerprint density at radius 2 is 1.40 bits per heavy atom. The maximum absolute atomic E-state index is 13.1. The number of amides is 2. The normalized spacial score (nSPS) is 10.3. The van der Waals surface area contributed by atoms with Crippen molar-refractivity contribution in [1.29, 1.82) is 0 Å². The van der Waals surface area contributed by atoms with Crippen LogP contribution in [0.1, 0.15) is 11.1 Å². The van der Waals surface area contributed by atoms with Crippen LogP contribution in [0.3, 0.4) is 0 Å².